The Hall–Kier alpha value is -4.11. The Labute approximate surface area is 212 Å². The van der Waals surface area contributed by atoms with E-state index in [-0.39, 0.29) is 12.4 Å². The number of ether oxygens (including phenoxy) is 3. The summed E-state index contributed by atoms with van der Waals surface area (Å²) in [5.74, 6) is -1.13. The molecule has 1 atom stereocenters. The van der Waals surface area contributed by atoms with Crippen LogP contribution in [0.5, 0.6) is 5.75 Å². The number of thiophene rings is 1. The van der Waals surface area contributed by atoms with Crippen LogP contribution in [0.2, 0.25) is 0 Å². The normalized spacial score (nSPS) is 14.5. The molecule has 3 aromatic rings. The summed E-state index contributed by atoms with van der Waals surface area (Å²) < 4.78 is 15.3. The highest BCUT2D eigenvalue weighted by atomic mass is 32.1. The molecule has 0 spiro atoms. The molecular formula is C27H26N2O6S. The summed E-state index contributed by atoms with van der Waals surface area (Å²) in [5.41, 5.74) is 10.1. The molecule has 8 nitrogen and oxygen atoms in total. The van der Waals surface area contributed by atoms with Crippen LogP contribution in [0.15, 0.2) is 59.8 Å². The van der Waals surface area contributed by atoms with Crippen LogP contribution in [0.1, 0.15) is 56.5 Å². The number of benzene rings is 2. The van der Waals surface area contributed by atoms with Gasteiger partial charge in [0.1, 0.15) is 10.6 Å². The topological polar surface area (TPSA) is 117 Å². The van der Waals surface area contributed by atoms with Gasteiger partial charge in [0.15, 0.2) is 0 Å². The summed E-state index contributed by atoms with van der Waals surface area (Å²) in [6, 6.07) is 13.6. The molecule has 2 aromatic carbocycles. The molecule has 0 amide bonds. The van der Waals surface area contributed by atoms with Crippen molar-refractivity contribution in [2.45, 2.75) is 19.8 Å². The van der Waals surface area contributed by atoms with E-state index in [1.54, 1.807) is 69.5 Å². The van der Waals surface area contributed by atoms with E-state index >= 15 is 0 Å². The third-order valence-corrected chi connectivity index (χ3v) is 7.12. The second kappa shape index (κ2) is 10.2. The molecule has 0 radical (unpaired) electrons. The molecule has 0 fully saturated rings. The van der Waals surface area contributed by atoms with E-state index in [1.165, 1.54) is 18.4 Å². The van der Waals surface area contributed by atoms with Crippen LogP contribution in [0.3, 0.4) is 0 Å². The van der Waals surface area contributed by atoms with Gasteiger partial charge in [-0.05, 0) is 55.8 Å². The van der Waals surface area contributed by atoms with Crippen LogP contribution in [-0.2, 0) is 14.3 Å². The van der Waals surface area contributed by atoms with Crippen LogP contribution in [0.4, 0.5) is 10.7 Å². The Morgan fingerprint density at radius 1 is 0.972 bits per heavy atom. The average molecular weight is 507 g/mol. The zero-order chi connectivity index (χ0) is 26.0. The Morgan fingerprint density at radius 2 is 1.61 bits per heavy atom. The maximum absolute atomic E-state index is 13.4. The molecule has 2 heterocycles. The van der Waals surface area contributed by atoms with Gasteiger partial charge in [-0.3, -0.25) is 4.79 Å². The highest BCUT2D eigenvalue weighted by molar-refractivity contribution is 7.19. The number of allylic oxidation sites excluding steroid dienone is 1. The van der Waals surface area contributed by atoms with Crippen molar-refractivity contribution in [1.82, 2.24) is 0 Å². The number of hydrogen-bond acceptors (Lipinski definition) is 9. The number of hydrogen-bond donors (Lipinski definition) is 2. The summed E-state index contributed by atoms with van der Waals surface area (Å²) in [5, 5.41) is 3.92. The van der Waals surface area contributed by atoms with Crippen molar-refractivity contribution in [3.05, 3.63) is 86.9 Å². The number of rotatable bonds is 7. The third-order valence-electron chi connectivity index (χ3n) is 5.98. The molecule has 9 heteroatoms. The Bertz CT molecular complexity index is 1360. The maximum atomic E-state index is 13.4. The lowest BCUT2D eigenvalue weighted by atomic mass is 9.81. The molecule has 36 heavy (non-hydrogen) atoms. The number of nitrogens with one attached hydrogen (secondary N) is 1. The van der Waals surface area contributed by atoms with Gasteiger partial charge in [0.25, 0.3) is 0 Å². The molecular weight excluding hydrogens is 480 g/mol. The van der Waals surface area contributed by atoms with Crippen LogP contribution in [-0.4, -0.2) is 38.5 Å². The van der Waals surface area contributed by atoms with Gasteiger partial charge < -0.3 is 25.3 Å². The Morgan fingerprint density at radius 3 is 2.19 bits per heavy atom. The van der Waals surface area contributed by atoms with Crippen LogP contribution >= 0.6 is 11.3 Å². The third kappa shape index (κ3) is 4.45. The summed E-state index contributed by atoms with van der Waals surface area (Å²) in [7, 11) is 2.87. The number of nitrogens with two attached hydrogens (primary N) is 1. The summed E-state index contributed by atoms with van der Waals surface area (Å²) >= 11 is 1.24. The summed E-state index contributed by atoms with van der Waals surface area (Å²) in [6.45, 7) is 3.73. The molecule has 3 N–H and O–H groups in total. The number of ketones is 1. The minimum absolute atomic E-state index is 0.205. The first-order chi connectivity index (χ1) is 17.3. The van der Waals surface area contributed by atoms with Gasteiger partial charge in [-0.1, -0.05) is 12.1 Å². The smallest absolute Gasteiger partial charge is 0.337 e. The van der Waals surface area contributed by atoms with Crippen molar-refractivity contribution >= 4 is 39.7 Å². The molecule has 0 unspecified atom stereocenters. The molecule has 1 aliphatic rings. The predicted molar refractivity (Wildman–Crippen MR) is 138 cm³/mol. The minimum Gasteiger partial charge on any atom is -0.497 e. The summed E-state index contributed by atoms with van der Waals surface area (Å²) in [6.07, 6.45) is 0. The lowest BCUT2D eigenvalue weighted by Crippen LogP contribution is -2.24. The molecule has 186 valence electrons. The van der Waals surface area contributed by atoms with Crippen molar-refractivity contribution in [2.75, 3.05) is 31.9 Å². The van der Waals surface area contributed by atoms with Crippen LogP contribution < -0.4 is 15.8 Å². The highest BCUT2D eigenvalue weighted by Crippen LogP contribution is 2.50. The van der Waals surface area contributed by atoms with Crippen LogP contribution in [0.25, 0.3) is 0 Å². The van der Waals surface area contributed by atoms with E-state index in [9.17, 15) is 14.4 Å². The zero-order valence-electron chi connectivity index (χ0n) is 20.3. The molecule has 0 saturated heterocycles. The van der Waals surface area contributed by atoms with Crippen molar-refractivity contribution in [3.8, 4) is 5.75 Å². The van der Waals surface area contributed by atoms with Gasteiger partial charge in [0.05, 0.1) is 42.7 Å². The first kappa shape index (κ1) is 25.0. The Balaban J connectivity index is 1.83. The molecule has 1 aliphatic heterocycles. The molecule has 0 bridgehead atoms. The first-order valence-corrected chi connectivity index (χ1v) is 12.1. The van der Waals surface area contributed by atoms with Gasteiger partial charge in [-0.2, -0.15) is 0 Å². The number of carbonyl (C=O) groups excluding carboxylic acids is 3. The van der Waals surface area contributed by atoms with Gasteiger partial charge >= 0.3 is 11.9 Å². The maximum Gasteiger partial charge on any atom is 0.337 e. The van der Waals surface area contributed by atoms with Gasteiger partial charge in [-0.15, -0.1) is 11.3 Å². The lowest BCUT2D eigenvalue weighted by Gasteiger charge is -2.28. The second-order valence-corrected chi connectivity index (χ2v) is 9.10. The highest BCUT2D eigenvalue weighted by Gasteiger charge is 2.38. The fourth-order valence-corrected chi connectivity index (χ4v) is 5.40. The lowest BCUT2D eigenvalue weighted by molar-refractivity contribution is -0.138. The van der Waals surface area contributed by atoms with Crippen molar-refractivity contribution in [3.63, 3.8) is 0 Å². The van der Waals surface area contributed by atoms with Crippen molar-refractivity contribution in [1.29, 1.82) is 0 Å². The van der Waals surface area contributed by atoms with E-state index in [0.29, 0.717) is 49.3 Å². The number of fused-ring (bicyclic) bond motifs is 1. The monoisotopic (exact) mass is 506 g/mol. The van der Waals surface area contributed by atoms with Crippen molar-refractivity contribution in [2.24, 2.45) is 0 Å². The van der Waals surface area contributed by atoms with Gasteiger partial charge in [0.2, 0.25) is 5.78 Å². The van der Waals surface area contributed by atoms with Crippen molar-refractivity contribution < 1.29 is 28.6 Å². The largest absolute Gasteiger partial charge is 0.497 e. The molecule has 0 aliphatic carbocycles. The van der Waals surface area contributed by atoms with E-state index in [0.717, 1.165) is 5.56 Å². The van der Waals surface area contributed by atoms with Gasteiger partial charge in [0, 0.05) is 22.7 Å². The predicted octanol–water partition coefficient (Wildman–Crippen LogP) is 4.75. The van der Waals surface area contributed by atoms with Crippen LogP contribution in [0, 0.1) is 0 Å². The molecule has 0 saturated carbocycles. The number of carbonyl (C=O) groups is 3. The molecule has 4 rings (SSSR count). The minimum atomic E-state index is -0.597. The number of nitrogen functional groups attached to an aromatic ring is 1. The SMILES string of the molecule is CCOC(=O)C1=C(C)Nc2sc(C(=O)c3ccc(OC)cc3)c(N)c2[C@@H]1c1ccc(C(=O)OC)cc1. The van der Waals surface area contributed by atoms with E-state index in [2.05, 4.69) is 5.32 Å². The van der Waals surface area contributed by atoms with E-state index in [4.69, 9.17) is 19.9 Å². The van der Waals surface area contributed by atoms with E-state index < -0.39 is 17.9 Å². The second-order valence-electron chi connectivity index (χ2n) is 8.08. The number of methoxy groups -OCH3 is 2. The number of esters is 2. The average Bonchev–Trinajstić information content (AvgIpc) is 3.22. The first-order valence-electron chi connectivity index (χ1n) is 11.2. The molecule has 1 aromatic heterocycles. The quantitative estimate of drug-likeness (QED) is 0.348. The van der Waals surface area contributed by atoms with Gasteiger partial charge in [-0.25, -0.2) is 9.59 Å². The fourth-order valence-electron chi connectivity index (χ4n) is 4.22. The number of anilines is 2. The van der Waals surface area contributed by atoms with E-state index in [1.807, 2.05) is 0 Å². The summed E-state index contributed by atoms with van der Waals surface area (Å²) in [4.78, 5) is 38.7. The fraction of sp³-hybridized carbons (Fsp3) is 0.222. The Kier molecular flexibility index (Phi) is 7.12. The zero-order valence-corrected chi connectivity index (χ0v) is 21.2. The standard InChI is InChI=1S/C27H26N2O6S/c1-5-35-27(32)19-14(2)29-25-21(20(19)15-6-8-17(9-7-15)26(31)34-4)22(28)24(36-25)23(30)16-10-12-18(33-3)13-11-16/h6-13,20,29H,5,28H2,1-4H3/t20-/m1/s1.